The molecule has 0 heterocycles. The molecule has 0 aromatic rings. The molecule has 2 heteroatoms. The first-order valence-corrected chi connectivity index (χ1v) is 8.00. The molecule has 0 amide bonds. The fourth-order valence-corrected chi connectivity index (χ4v) is 5.24. The lowest BCUT2D eigenvalue weighted by atomic mass is 10.3. The molecule has 0 aromatic carbocycles. The molecule has 0 N–H and O–H groups in total. The van der Waals surface area contributed by atoms with Crippen LogP contribution in [0.1, 0.15) is 27.7 Å². The van der Waals surface area contributed by atoms with Gasteiger partial charge in [0.2, 0.25) is 0 Å². The Morgan fingerprint density at radius 1 is 0.818 bits per heavy atom. The van der Waals surface area contributed by atoms with E-state index in [1.807, 2.05) is 0 Å². The fourth-order valence-electron chi connectivity index (χ4n) is 2.15. The Hall–Kier alpha value is 0.177. The van der Waals surface area contributed by atoms with Gasteiger partial charge in [-0.2, -0.15) is 0 Å². The van der Waals surface area contributed by atoms with Gasteiger partial charge in [0.25, 0.3) is 0 Å². The maximum Gasteiger partial charge on any atom is 0.119 e. The Balaban J connectivity index is 4.35. The summed E-state index contributed by atoms with van der Waals surface area (Å²) in [6.45, 7) is 16.4. The van der Waals surface area contributed by atoms with E-state index in [2.05, 4.69) is 51.9 Å². The maximum atomic E-state index is 2.66. The third kappa shape index (κ3) is 3.39. The van der Waals surface area contributed by atoms with E-state index < -0.39 is 8.24 Å². The van der Waals surface area contributed by atoms with Crippen molar-refractivity contribution in [2.45, 2.75) is 59.4 Å². The number of hydrogen-bond acceptors (Lipinski definition) is 1. The van der Waals surface area contributed by atoms with Crippen molar-refractivity contribution in [3.05, 3.63) is 0 Å². The molecular weight excluding hydrogens is 150 g/mol. The zero-order chi connectivity index (χ0) is 9.23. The van der Waals surface area contributed by atoms with Gasteiger partial charge in [0.1, 0.15) is 8.24 Å². The summed E-state index contributed by atoms with van der Waals surface area (Å²) in [6, 6.07) is 1.39. The Labute approximate surface area is 72.9 Å². The molecule has 0 spiro atoms. The van der Waals surface area contributed by atoms with Crippen molar-refractivity contribution in [2.75, 3.05) is 0 Å². The van der Waals surface area contributed by atoms with E-state index in [0.29, 0.717) is 12.1 Å². The average molecular weight is 173 g/mol. The standard InChI is InChI=1S/C9H23NSi/c1-8(2)10(9(3)4)11(5,6)7/h8-9H,1-7H3. The van der Waals surface area contributed by atoms with Crippen LogP contribution in [0.15, 0.2) is 0 Å². The Bertz CT molecular complexity index is 105. The monoisotopic (exact) mass is 173 g/mol. The Morgan fingerprint density at radius 2 is 1.09 bits per heavy atom. The van der Waals surface area contributed by atoms with Crippen molar-refractivity contribution in [1.82, 2.24) is 4.57 Å². The van der Waals surface area contributed by atoms with E-state index in [9.17, 15) is 0 Å². The Kier molecular flexibility index (Phi) is 3.78. The van der Waals surface area contributed by atoms with Gasteiger partial charge in [-0.1, -0.05) is 47.3 Å². The van der Waals surface area contributed by atoms with Gasteiger partial charge < -0.3 is 4.57 Å². The Morgan fingerprint density at radius 3 is 1.09 bits per heavy atom. The predicted octanol–water partition coefficient (Wildman–Crippen LogP) is 2.94. The smallest absolute Gasteiger partial charge is 0.119 e. The molecule has 0 aliphatic carbocycles. The van der Waals surface area contributed by atoms with Crippen LogP contribution in [0, 0.1) is 0 Å². The molecular formula is C9H23NSi. The molecule has 0 aromatic heterocycles. The first-order valence-electron chi connectivity index (χ1n) is 4.55. The topological polar surface area (TPSA) is 3.24 Å². The first kappa shape index (κ1) is 11.2. The van der Waals surface area contributed by atoms with Crippen LogP contribution in [0.5, 0.6) is 0 Å². The van der Waals surface area contributed by atoms with Crippen molar-refractivity contribution in [2.24, 2.45) is 0 Å². The van der Waals surface area contributed by atoms with E-state index in [1.165, 1.54) is 0 Å². The lowest BCUT2D eigenvalue weighted by Crippen LogP contribution is -2.53. The molecule has 0 aliphatic heterocycles. The highest BCUT2D eigenvalue weighted by Gasteiger charge is 2.27. The van der Waals surface area contributed by atoms with Crippen LogP contribution in [-0.4, -0.2) is 24.9 Å². The van der Waals surface area contributed by atoms with Gasteiger partial charge in [-0.15, -0.1) is 0 Å². The molecule has 1 nitrogen and oxygen atoms in total. The second kappa shape index (κ2) is 3.72. The minimum atomic E-state index is -1.08. The zero-order valence-electron chi connectivity index (χ0n) is 9.10. The summed E-state index contributed by atoms with van der Waals surface area (Å²) in [7, 11) is -1.08. The van der Waals surface area contributed by atoms with Gasteiger partial charge in [-0.05, 0) is 12.1 Å². The minimum Gasteiger partial charge on any atom is -0.320 e. The second-order valence-corrected chi connectivity index (χ2v) is 9.62. The second-order valence-electron chi connectivity index (χ2n) is 4.77. The predicted molar refractivity (Wildman–Crippen MR) is 55.5 cm³/mol. The molecule has 0 unspecified atom stereocenters. The van der Waals surface area contributed by atoms with Crippen LogP contribution in [0.4, 0.5) is 0 Å². The quantitative estimate of drug-likeness (QED) is 0.593. The minimum absolute atomic E-state index is 0.696. The van der Waals surface area contributed by atoms with Crippen molar-refractivity contribution in [1.29, 1.82) is 0 Å². The van der Waals surface area contributed by atoms with Gasteiger partial charge in [0.05, 0.1) is 0 Å². The van der Waals surface area contributed by atoms with E-state index in [4.69, 9.17) is 0 Å². The van der Waals surface area contributed by atoms with Crippen LogP contribution in [0.3, 0.4) is 0 Å². The summed E-state index contributed by atoms with van der Waals surface area (Å²) in [5, 5.41) is 0. The van der Waals surface area contributed by atoms with Gasteiger partial charge >= 0.3 is 0 Å². The summed E-state index contributed by atoms with van der Waals surface area (Å²) in [4.78, 5) is 0. The van der Waals surface area contributed by atoms with Crippen molar-refractivity contribution in [3.63, 3.8) is 0 Å². The van der Waals surface area contributed by atoms with Gasteiger partial charge in [0, 0.05) is 0 Å². The highest BCUT2D eigenvalue weighted by molar-refractivity contribution is 6.73. The molecule has 0 rings (SSSR count). The molecule has 0 fully saturated rings. The zero-order valence-corrected chi connectivity index (χ0v) is 10.1. The van der Waals surface area contributed by atoms with Crippen LogP contribution >= 0.6 is 0 Å². The number of hydrogen-bond donors (Lipinski definition) is 0. The maximum absolute atomic E-state index is 2.66. The van der Waals surface area contributed by atoms with Gasteiger partial charge in [-0.25, -0.2) is 0 Å². The van der Waals surface area contributed by atoms with Crippen molar-refractivity contribution < 1.29 is 0 Å². The molecule has 68 valence electrons. The lowest BCUT2D eigenvalue weighted by Gasteiger charge is -2.40. The van der Waals surface area contributed by atoms with Crippen LogP contribution < -0.4 is 0 Å². The first-order chi connectivity index (χ1) is 4.76. The summed E-state index contributed by atoms with van der Waals surface area (Å²) >= 11 is 0. The average Bonchev–Trinajstić information content (AvgIpc) is 1.54. The summed E-state index contributed by atoms with van der Waals surface area (Å²) in [5.74, 6) is 0. The SMILES string of the molecule is CC(C)N(C(C)C)[Si](C)(C)C. The molecule has 0 bridgehead atoms. The van der Waals surface area contributed by atoms with Gasteiger partial charge in [-0.3, -0.25) is 0 Å². The number of rotatable bonds is 3. The summed E-state index contributed by atoms with van der Waals surface area (Å²) < 4.78 is 2.66. The van der Waals surface area contributed by atoms with Crippen LogP contribution in [-0.2, 0) is 0 Å². The van der Waals surface area contributed by atoms with Crippen molar-refractivity contribution >= 4 is 8.24 Å². The normalized spacial score (nSPS) is 13.6. The molecule has 0 aliphatic rings. The van der Waals surface area contributed by atoms with E-state index >= 15 is 0 Å². The molecule has 0 saturated heterocycles. The molecule has 11 heavy (non-hydrogen) atoms. The summed E-state index contributed by atoms with van der Waals surface area (Å²) in [6.07, 6.45) is 0. The summed E-state index contributed by atoms with van der Waals surface area (Å²) in [5.41, 5.74) is 0. The third-order valence-corrected chi connectivity index (χ3v) is 4.47. The third-order valence-electron chi connectivity index (χ3n) is 1.89. The van der Waals surface area contributed by atoms with E-state index in [-0.39, 0.29) is 0 Å². The molecule has 0 radical (unpaired) electrons. The highest BCUT2D eigenvalue weighted by Crippen LogP contribution is 2.16. The largest absolute Gasteiger partial charge is 0.320 e. The van der Waals surface area contributed by atoms with E-state index in [1.54, 1.807) is 0 Å². The fraction of sp³-hybridized carbons (Fsp3) is 1.00. The lowest BCUT2D eigenvalue weighted by molar-refractivity contribution is 0.296. The van der Waals surface area contributed by atoms with Gasteiger partial charge in [0.15, 0.2) is 0 Å². The van der Waals surface area contributed by atoms with E-state index in [0.717, 1.165) is 0 Å². The highest BCUT2D eigenvalue weighted by atomic mass is 28.3. The van der Waals surface area contributed by atoms with Crippen LogP contribution in [0.25, 0.3) is 0 Å². The van der Waals surface area contributed by atoms with Crippen LogP contribution in [0.2, 0.25) is 19.6 Å². The molecule has 0 atom stereocenters. The van der Waals surface area contributed by atoms with Crippen molar-refractivity contribution in [3.8, 4) is 0 Å². The molecule has 0 saturated carbocycles. The number of nitrogens with zero attached hydrogens (tertiary/aromatic N) is 1.